The molecule has 0 radical (unpaired) electrons. The van der Waals surface area contributed by atoms with E-state index in [4.69, 9.17) is 0 Å². The lowest BCUT2D eigenvalue weighted by Gasteiger charge is -1.96. The van der Waals surface area contributed by atoms with Gasteiger partial charge in [0, 0.05) is 0 Å². The van der Waals surface area contributed by atoms with Crippen LogP contribution in [0.25, 0.3) is 0 Å². The molecule has 0 aromatic rings. The summed E-state index contributed by atoms with van der Waals surface area (Å²) in [6.07, 6.45) is 0. The van der Waals surface area contributed by atoms with Gasteiger partial charge in [-0.25, -0.2) is 0 Å². The summed E-state index contributed by atoms with van der Waals surface area (Å²) in [6, 6.07) is 0. The molecule has 0 rings (SSSR count). The van der Waals surface area contributed by atoms with E-state index in [1.54, 1.807) is 0 Å². The third-order valence-electron chi connectivity index (χ3n) is 0.663. The van der Waals surface area contributed by atoms with Crippen molar-refractivity contribution in [2.24, 2.45) is 0 Å². The molecule has 48 valence electrons. The van der Waals surface area contributed by atoms with E-state index in [0.717, 1.165) is 0 Å². The highest BCUT2D eigenvalue weighted by Crippen LogP contribution is 2.34. The molecule has 0 saturated heterocycles. The van der Waals surface area contributed by atoms with Gasteiger partial charge in [-0.3, -0.25) is 0 Å². The second-order valence-corrected chi connectivity index (χ2v) is 6.68. The summed E-state index contributed by atoms with van der Waals surface area (Å²) in [5, 5.41) is 0. The van der Waals surface area contributed by atoms with Gasteiger partial charge >= 0.3 is 0 Å². The Morgan fingerprint density at radius 3 is 1.12 bits per heavy atom. The van der Waals surface area contributed by atoms with Crippen LogP contribution in [-0.4, -0.2) is 26.7 Å². The van der Waals surface area contributed by atoms with E-state index in [9.17, 15) is 0 Å². The third kappa shape index (κ3) is 6.60. The molecule has 0 bridgehead atoms. The van der Waals surface area contributed by atoms with Crippen LogP contribution in [0.4, 0.5) is 0 Å². The van der Waals surface area contributed by atoms with Crippen LogP contribution >= 0.6 is 15.8 Å². The molecule has 0 aromatic carbocycles. The number of rotatable bonds is 2. The van der Waals surface area contributed by atoms with Gasteiger partial charge in [0.05, 0.1) is 0 Å². The van der Waals surface area contributed by atoms with Crippen LogP contribution in [0.2, 0.25) is 0 Å². The van der Waals surface area contributed by atoms with Gasteiger partial charge in [-0.15, -0.1) is 0 Å². The van der Waals surface area contributed by atoms with Gasteiger partial charge in [0.15, 0.2) is 0 Å². The molecule has 0 aliphatic carbocycles. The fourth-order valence-electron chi connectivity index (χ4n) is 0.267. The lowest BCUT2D eigenvalue weighted by atomic mass is 11.2. The molecule has 2 heteroatoms. The van der Waals surface area contributed by atoms with Gasteiger partial charge in [-0.2, -0.15) is 0 Å². The third-order valence-corrected chi connectivity index (χ3v) is 2.39. The summed E-state index contributed by atoms with van der Waals surface area (Å²) < 4.78 is 0. The molecule has 0 N–H and O–H groups in total. The van der Waals surface area contributed by atoms with Crippen LogP contribution in [0.1, 0.15) is 0 Å². The summed E-state index contributed by atoms with van der Waals surface area (Å²) in [5.74, 6) is 4.67. The molecular weight excluding hydrogens is 134 g/mol. The van der Waals surface area contributed by atoms with Crippen LogP contribution in [0, 0.1) is 0 Å². The van der Waals surface area contributed by atoms with Crippen LogP contribution in [0.3, 0.4) is 0 Å². The fraction of sp³-hybridized carbons (Fsp3) is 0.667. The average Bonchev–Trinajstić information content (AvgIpc) is 1.61. The van der Waals surface area contributed by atoms with Crippen molar-refractivity contribution in [2.75, 3.05) is 26.7 Å². The molecule has 8 heavy (non-hydrogen) atoms. The Kier molecular flexibility index (Phi) is 4.81. The van der Waals surface area contributed by atoms with E-state index in [0.29, 0.717) is 0 Å². The Morgan fingerprint density at radius 2 is 1.00 bits per heavy atom. The van der Waals surface area contributed by atoms with E-state index in [-0.39, 0.29) is 15.8 Å². The predicted molar refractivity (Wildman–Crippen MR) is 46.7 cm³/mol. The number of hydrogen-bond donors (Lipinski definition) is 0. The summed E-state index contributed by atoms with van der Waals surface area (Å²) >= 11 is 0. The molecule has 0 nitrogen and oxygen atoms in total. The Labute approximate surface area is 54.9 Å². The smallest absolute Gasteiger partial charge is 0.0412 e. The van der Waals surface area contributed by atoms with Crippen molar-refractivity contribution in [3.05, 3.63) is 11.6 Å². The zero-order valence-corrected chi connectivity index (χ0v) is 7.84. The van der Waals surface area contributed by atoms with Crippen LogP contribution < -0.4 is 0 Å². The summed E-state index contributed by atoms with van der Waals surface area (Å²) in [5.41, 5.74) is 0. The molecule has 0 aliphatic heterocycles. The normalized spacial score (nSPS) is 12.2. The Morgan fingerprint density at radius 1 is 0.750 bits per heavy atom. The van der Waals surface area contributed by atoms with Gasteiger partial charge < -0.3 is 0 Å². The first-order chi connectivity index (χ1) is 3.63. The van der Waals surface area contributed by atoms with Crippen molar-refractivity contribution in [3.8, 4) is 0 Å². The van der Waals surface area contributed by atoms with Crippen molar-refractivity contribution in [2.45, 2.75) is 0 Å². The molecule has 0 aromatic heterocycles. The topological polar surface area (TPSA) is 0 Å². The van der Waals surface area contributed by atoms with E-state index >= 15 is 0 Å². The Bertz CT molecular complexity index is 64.6. The average molecular weight is 148 g/mol. The molecule has 0 unspecified atom stereocenters. The minimum absolute atomic E-state index is 0.203. The van der Waals surface area contributed by atoms with Crippen LogP contribution in [-0.2, 0) is 0 Å². The van der Waals surface area contributed by atoms with Gasteiger partial charge in [-0.05, 0) is 26.7 Å². The molecule has 0 amide bonds. The highest BCUT2D eigenvalue weighted by molar-refractivity contribution is 7.63. The molecule has 0 atom stereocenters. The summed E-state index contributed by atoms with van der Waals surface area (Å²) in [7, 11) is 0.405. The van der Waals surface area contributed by atoms with Crippen molar-refractivity contribution in [1.82, 2.24) is 0 Å². The molecular formula is C6H14P2. The maximum atomic E-state index is 2.33. The maximum absolute atomic E-state index is 2.33. The lowest BCUT2D eigenvalue weighted by Crippen LogP contribution is -1.57. The largest absolute Gasteiger partial charge is 0.0896 e. The van der Waals surface area contributed by atoms with Gasteiger partial charge in [0.2, 0.25) is 0 Å². The van der Waals surface area contributed by atoms with Gasteiger partial charge in [-0.1, -0.05) is 27.5 Å². The molecule has 0 spiro atoms. The zero-order chi connectivity index (χ0) is 6.57. The number of hydrogen-bond acceptors (Lipinski definition) is 0. The highest BCUT2D eigenvalue weighted by atomic mass is 31.1. The van der Waals surface area contributed by atoms with Gasteiger partial charge in [0.25, 0.3) is 0 Å². The van der Waals surface area contributed by atoms with Crippen molar-refractivity contribution in [3.63, 3.8) is 0 Å². The van der Waals surface area contributed by atoms with E-state index in [1.807, 2.05) is 0 Å². The SMILES string of the molecule is CP(C)C=CP(C)C. The van der Waals surface area contributed by atoms with Crippen molar-refractivity contribution in [1.29, 1.82) is 0 Å². The second-order valence-electron chi connectivity index (χ2n) is 2.23. The molecule has 0 heterocycles. The first-order valence-electron chi connectivity index (χ1n) is 2.64. The van der Waals surface area contributed by atoms with E-state index < -0.39 is 0 Å². The zero-order valence-electron chi connectivity index (χ0n) is 6.05. The van der Waals surface area contributed by atoms with Crippen LogP contribution in [0.5, 0.6) is 0 Å². The Balaban J connectivity index is 3.34. The van der Waals surface area contributed by atoms with E-state index in [1.165, 1.54) is 0 Å². The molecule has 0 saturated carbocycles. The van der Waals surface area contributed by atoms with Gasteiger partial charge in [0.1, 0.15) is 0 Å². The first-order valence-corrected chi connectivity index (χ1v) is 7.25. The van der Waals surface area contributed by atoms with Crippen molar-refractivity contribution >= 4 is 15.8 Å². The standard InChI is InChI=1S/C6H14P2/c1-7(2)5-6-8(3)4/h5-6H,1-4H3. The highest BCUT2D eigenvalue weighted by Gasteiger charge is 1.83. The predicted octanol–water partition coefficient (Wildman–Crippen LogP) is 2.94. The Hall–Kier alpha value is 0.600. The monoisotopic (exact) mass is 148 g/mol. The molecule has 0 aliphatic rings. The molecule has 0 fully saturated rings. The summed E-state index contributed by atoms with van der Waals surface area (Å²) in [6.45, 7) is 9.07. The van der Waals surface area contributed by atoms with Crippen LogP contribution in [0.15, 0.2) is 11.6 Å². The second kappa shape index (κ2) is 4.48. The fourth-order valence-corrected chi connectivity index (χ4v) is 2.40. The lowest BCUT2D eigenvalue weighted by molar-refractivity contribution is 2.14. The summed E-state index contributed by atoms with van der Waals surface area (Å²) in [4.78, 5) is 0. The quantitative estimate of drug-likeness (QED) is 0.528. The van der Waals surface area contributed by atoms with Crippen molar-refractivity contribution < 1.29 is 0 Å². The minimum atomic E-state index is 0.203. The minimum Gasteiger partial charge on any atom is -0.0896 e. The van der Waals surface area contributed by atoms with E-state index in [2.05, 4.69) is 38.3 Å². The maximum Gasteiger partial charge on any atom is -0.0412 e. The first kappa shape index (κ1) is 8.60.